The van der Waals surface area contributed by atoms with Crippen LogP contribution in [0.2, 0.25) is 0 Å². The molecule has 0 unspecified atom stereocenters. The molecule has 3 aromatic rings. The van der Waals surface area contributed by atoms with Gasteiger partial charge in [0, 0.05) is 11.1 Å². The predicted octanol–water partition coefficient (Wildman–Crippen LogP) is 4.20. The molecule has 0 amide bonds. The summed E-state index contributed by atoms with van der Waals surface area (Å²) in [5.41, 5.74) is 9.40. The Kier molecular flexibility index (Phi) is 4.30. The van der Waals surface area contributed by atoms with Crippen molar-refractivity contribution < 1.29 is 4.42 Å². The highest BCUT2D eigenvalue weighted by atomic mass is 32.1. The Labute approximate surface area is 140 Å². The number of hydrogen-bond acceptors (Lipinski definition) is 3. The molecule has 0 aliphatic heterocycles. The van der Waals surface area contributed by atoms with E-state index in [2.05, 4.69) is 22.7 Å². The summed E-state index contributed by atoms with van der Waals surface area (Å²) in [7, 11) is 0. The van der Waals surface area contributed by atoms with E-state index in [9.17, 15) is 0 Å². The van der Waals surface area contributed by atoms with Crippen LogP contribution in [0.4, 0.5) is 5.69 Å². The number of hydrogen-bond donors (Lipinski definition) is 3. The molecule has 0 spiro atoms. The minimum Gasteiger partial charge on any atom is -0.454 e. The van der Waals surface area contributed by atoms with Gasteiger partial charge in [-0.3, -0.25) is 10.9 Å². The molecule has 4 nitrogen and oxygen atoms in total. The molecule has 5 heteroatoms. The maximum Gasteiger partial charge on any atom is 0.189 e. The maximum atomic E-state index is 5.73. The summed E-state index contributed by atoms with van der Waals surface area (Å²) in [6.07, 6.45) is 0. The lowest BCUT2D eigenvalue weighted by Crippen LogP contribution is -2.38. The summed E-state index contributed by atoms with van der Waals surface area (Å²) in [5, 5.41) is 4.57. The summed E-state index contributed by atoms with van der Waals surface area (Å²) in [6, 6.07) is 17.7. The first-order valence-electron chi connectivity index (χ1n) is 7.19. The smallest absolute Gasteiger partial charge is 0.189 e. The average molecular weight is 323 g/mol. The molecule has 0 aliphatic rings. The van der Waals surface area contributed by atoms with Crippen LogP contribution in [0.1, 0.15) is 11.3 Å². The number of rotatable bonds is 4. The Morgan fingerprint density at radius 2 is 1.78 bits per heavy atom. The quantitative estimate of drug-likeness (QED) is 0.496. The van der Waals surface area contributed by atoms with Crippen LogP contribution in [-0.2, 0) is 0 Å². The van der Waals surface area contributed by atoms with Gasteiger partial charge < -0.3 is 9.73 Å². The molecule has 0 saturated heterocycles. The zero-order valence-electron chi connectivity index (χ0n) is 12.7. The standard InChI is InChI=1S/C18H17N3OS/c1-12-7-9-15(10-8-12)19-18(23)21-20-13(2)17-11-14-5-3-4-6-16(14)22-17/h3-11,20H,2H2,1H3,(H2,19,21,23). The zero-order chi connectivity index (χ0) is 16.2. The number of anilines is 1. The second kappa shape index (κ2) is 6.54. The summed E-state index contributed by atoms with van der Waals surface area (Å²) < 4.78 is 5.73. The van der Waals surface area contributed by atoms with E-state index in [4.69, 9.17) is 16.6 Å². The maximum absolute atomic E-state index is 5.73. The summed E-state index contributed by atoms with van der Waals surface area (Å²) in [5.74, 6) is 0.664. The number of para-hydroxylation sites is 1. The number of furan rings is 1. The number of aryl methyl sites for hydroxylation is 1. The zero-order valence-corrected chi connectivity index (χ0v) is 13.5. The second-order valence-electron chi connectivity index (χ2n) is 5.20. The Bertz CT molecular complexity index is 819. The molecule has 2 aromatic carbocycles. The highest BCUT2D eigenvalue weighted by molar-refractivity contribution is 7.80. The lowest BCUT2D eigenvalue weighted by molar-refractivity contribution is 0.590. The fourth-order valence-corrected chi connectivity index (χ4v) is 2.29. The van der Waals surface area contributed by atoms with Crippen LogP contribution in [0.25, 0.3) is 16.7 Å². The molecule has 0 saturated carbocycles. The van der Waals surface area contributed by atoms with Crippen LogP contribution >= 0.6 is 12.2 Å². The number of nitrogens with one attached hydrogen (secondary N) is 3. The summed E-state index contributed by atoms with van der Waals surface area (Å²) in [6.45, 7) is 6.00. The second-order valence-corrected chi connectivity index (χ2v) is 5.61. The molecule has 23 heavy (non-hydrogen) atoms. The van der Waals surface area contributed by atoms with Crippen molar-refractivity contribution >= 4 is 39.7 Å². The Balaban J connectivity index is 1.57. The van der Waals surface area contributed by atoms with Gasteiger partial charge in [0.1, 0.15) is 5.58 Å². The van der Waals surface area contributed by atoms with Crippen LogP contribution in [0.3, 0.4) is 0 Å². The van der Waals surface area contributed by atoms with Crippen LogP contribution < -0.4 is 16.2 Å². The molecule has 1 heterocycles. The van der Waals surface area contributed by atoms with E-state index in [1.165, 1.54) is 5.56 Å². The highest BCUT2D eigenvalue weighted by Crippen LogP contribution is 2.22. The van der Waals surface area contributed by atoms with Crippen molar-refractivity contribution in [1.82, 2.24) is 10.9 Å². The van der Waals surface area contributed by atoms with E-state index in [-0.39, 0.29) is 0 Å². The van der Waals surface area contributed by atoms with Gasteiger partial charge in [-0.2, -0.15) is 0 Å². The largest absolute Gasteiger partial charge is 0.454 e. The van der Waals surface area contributed by atoms with Crippen molar-refractivity contribution in [2.24, 2.45) is 0 Å². The van der Waals surface area contributed by atoms with Crippen molar-refractivity contribution in [3.63, 3.8) is 0 Å². The normalized spacial score (nSPS) is 10.3. The van der Waals surface area contributed by atoms with Crippen LogP contribution in [0.15, 0.2) is 65.6 Å². The number of thiocarbonyl (C=S) groups is 1. The van der Waals surface area contributed by atoms with Gasteiger partial charge in [-0.25, -0.2) is 0 Å². The van der Waals surface area contributed by atoms with Gasteiger partial charge >= 0.3 is 0 Å². The fourth-order valence-electron chi connectivity index (χ4n) is 2.12. The van der Waals surface area contributed by atoms with Crippen LogP contribution in [0, 0.1) is 6.92 Å². The molecule has 0 fully saturated rings. The van der Waals surface area contributed by atoms with Crippen LogP contribution in [0.5, 0.6) is 0 Å². The first-order chi connectivity index (χ1) is 11.1. The number of hydrazine groups is 1. The van der Waals surface area contributed by atoms with Crippen molar-refractivity contribution in [3.05, 3.63) is 72.5 Å². The van der Waals surface area contributed by atoms with E-state index in [1.807, 2.05) is 61.5 Å². The summed E-state index contributed by atoms with van der Waals surface area (Å²) in [4.78, 5) is 0. The Morgan fingerprint density at radius 1 is 1.04 bits per heavy atom. The third-order valence-electron chi connectivity index (χ3n) is 3.36. The molecule has 3 rings (SSSR count). The van der Waals surface area contributed by atoms with Gasteiger partial charge in [-0.15, -0.1) is 0 Å². The Morgan fingerprint density at radius 3 is 2.52 bits per heavy atom. The van der Waals surface area contributed by atoms with E-state index >= 15 is 0 Å². The lowest BCUT2D eigenvalue weighted by atomic mass is 10.2. The van der Waals surface area contributed by atoms with E-state index in [1.54, 1.807) is 0 Å². The number of benzene rings is 2. The molecule has 1 aromatic heterocycles. The molecule has 0 atom stereocenters. The third-order valence-corrected chi connectivity index (χ3v) is 3.56. The monoisotopic (exact) mass is 323 g/mol. The van der Waals surface area contributed by atoms with Crippen molar-refractivity contribution in [2.75, 3.05) is 5.32 Å². The molecule has 0 aliphatic carbocycles. The van der Waals surface area contributed by atoms with E-state index in [0.717, 1.165) is 16.7 Å². The van der Waals surface area contributed by atoms with Gasteiger partial charge in [0.25, 0.3) is 0 Å². The van der Waals surface area contributed by atoms with Gasteiger partial charge in [0.2, 0.25) is 0 Å². The lowest BCUT2D eigenvalue weighted by Gasteiger charge is -2.13. The topological polar surface area (TPSA) is 49.2 Å². The van der Waals surface area contributed by atoms with Gasteiger partial charge in [0.05, 0.1) is 5.70 Å². The Hall–Kier alpha value is -2.79. The van der Waals surface area contributed by atoms with E-state index in [0.29, 0.717) is 16.6 Å². The first-order valence-corrected chi connectivity index (χ1v) is 7.60. The fraction of sp³-hybridized carbons (Fsp3) is 0.0556. The molecule has 116 valence electrons. The predicted molar refractivity (Wildman–Crippen MR) is 98.9 cm³/mol. The van der Waals surface area contributed by atoms with E-state index < -0.39 is 0 Å². The SMILES string of the molecule is C=C(NNC(=S)Nc1ccc(C)cc1)c1cc2ccccc2o1. The minimum absolute atomic E-state index is 0.450. The molecular weight excluding hydrogens is 306 g/mol. The summed E-state index contributed by atoms with van der Waals surface area (Å²) >= 11 is 5.25. The molecule has 0 bridgehead atoms. The highest BCUT2D eigenvalue weighted by Gasteiger charge is 2.06. The molecular formula is C18H17N3OS. The number of fused-ring (bicyclic) bond motifs is 1. The van der Waals surface area contributed by atoms with Crippen LogP contribution in [-0.4, -0.2) is 5.11 Å². The van der Waals surface area contributed by atoms with Gasteiger partial charge in [0.15, 0.2) is 10.9 Å². The average Bonchev–Trinajstić information content (AvgIpc) is 2.99. The van der Waals surface area contributed by atoms with Crippen molar-refractivity contribution in [1.29, 1.82) is 0 Å². The minimum atomic E-state index is 0.450. The first kappa shape index (κ1) is 15.1. The van der Waals surface area contributed by atoms with Crippen molar-refractivity contribution in [2.45, 2.75) is 6.92 Å². The molecule has 3 N–H and O–H groups in total. The van der Waals surface area contributed by atoms with Gasteiger partial charge in [-0.05, 0) is 43.4 Å². The van der Waals surface area contributed by atoms with Gasteiger partial charge in [-0.1, -0.05) is 42.5 Å². The molecule has 0 radical (unpaired) electrons. The third kappa shape index (κ3) is 3.70. The van der Waals surface area contributed by atoms with Crippen molar-refractivity contribution in [3.8, 4) is 0 Å².